The largest absolute Gasteiger partial charge is 0.326 e. The van der Waals surface area contributed by atoms with Crippen LogP contribution in [0.3, 0.4) is 0 Å². The van der Waals surface area contributed by atoms with Gasteiger partial charge in [-0.25, -0.2) is 0 Å². The number of anilines is 3. The molecule has 0 spiro atoms. The van der Waals surface area contributed by atoms with Gasteiger partial charge in [-0.3, -0.25) is 14.4 Å². The van der Waals surface area contributed by atoms with Crippen molar-refractivity contribution in [3.63, 3.8) is 0 Å². The summed E-state index contributed by atoms with van der Waals surface area (Å²) >= 11 is 0. The number of carbonyl (C=O) groups is 3. The van der Waals surface area contributed by atoms with Crippen molar-refractivity contribution < 1.29 is 14.4 Å². The third-order valence-corrected chi connectivity index (χ3v) is 5.49. The maximum atomic E-state index is 12.7. The normalized spacial score (nSPS) is 18.6. The van der Waals surface area contributed by atoms with E-state index in [1.807, 2.05) is 24.3 Å². The second-order valence-electron chi connectivity index (χ2n) is 7.76. The fourth-order valence-electron chi connectivity index (χ4n) is 3.55. The zero-order valence-corrected chi connectivity index (χ0v) is 16.5. The molecule has 1 saturated heterocycles. The molecule has 2 aromatic rings. The van der Waals surface area contributed by atoms with Crippen molar-refractivity contribution >= 4 is 34.8 Å². The highest BCUT2D eigenvalue weighted by molar-refractivity contribution is 6.03. The number of carbonyl (C=O) groups excluding carboxylic acids is 3. The van der Waals surface area contributed by atoms with Gasteiger partial charge in [-0.2, -0.15) is 0 Å². The highest BCUT2D eigenvalue weighted by Gasteiger charge is 2.35. The summed E-state index contributed by atoms with van der Waals surface area (Å²) in [4.78, 5) is 38.6. The third-order valence-electron chi connectivity index (χ3n) is 5.49. The SMILES string of the molecule is CCc1cccc(N2C[C@@H](C(=O)Nc3ccc(NC(=O)C4CC4)cc3)CC2=O)c1. The van der Waals surface area contributed by atoms with Crippen LogP contribution in [0.4, 0.5) is 17.1 Å². The van der Waals surface area contributed by atoms with E-state index in [1.165, 1.54) is 0 Å². The van der Waals surface area contributed by atoms with Gasteiger partial charge in [0.15, 0.2) is 0 Å². The number of hydrogen-bond acceptors (Lipinski definition) is 3. The molecule has 2 N–H and O–H groups in total. The highest BCUT2D eigenvalue weighted by atomic mass is 16.2. The Balaban J connectivity index is 1.36. The predicted octanol–water partition coefficient (Wildman–Crippen LogP) is 3.59. The molecular formula is C23H25N3O3. The van der Waals surface area contributed by atoms with Crippen molar-refractivity contribution in [3.05, 3.63) is 54.1 Å². The van der Waals surface area contributed by atoms with Gasteiger partial charge in [-0.15, -0.1) is 0 Å². The second kappa shape index (κ2) is 8.07. The highest BCUT2D eigenvalue weighted by Crippen LogP contribution is 2.30. The quantitative estimate of drug-likeness (QED) is 0.790. The molecule has 2 aliphatic rings. The molecule has 0 bridgehead atoms. The molecule has 0 aromatic heterocycles. The zero-order valence-electron chi connectivity index (χ0n) is 16.5. The molecule has 1 atom stereocenters. The van der Waals surface area contributed by atoms with E-state index in [9.17, 15) is 14.4 Å². The Labute approximate surface area is 170 Å². The van der Waals surface area contributed by atoms with Crippen LogP contribution in [-0.4, -0.2) is 24.3 Å². The first kappa shape index (κ1) is 19.2. The van der Waals surface area contributed by atoms with E-state index in [1.54, 1.807) is 29.2 Å². The van der Waals surface area contributed by atoms with Crippen LogP contribution in [0.15, 0.2) is 48.5 Å². The minimum atomic E-state index is -0.387. The monoisotopic (exact) mass is 391 g/mol. The van der Waals surface area contributed by atoms with Gasteiger partial charge in [0.05, 0.1) is 5.92 Å². The third kappa shape index (κ3) is 4.47. The summed E-state index contributed by atoms with van der Waals surface area (Å²) in [6.07, 6.45) is 3.02. The number of benzene rings is 2. The molecule has 29 heavy (non-hydrogen) atoms. The summed E-state index contributed by atoms with van der Waals surface area (Å²) in [6.45, 7) is 2.46. The molecule has 3 amide bonds. The van der Waals surface area contributed by atoms with Crippen LogP contribution >= 0.6 is 0 Å². The fraction of sp³-hybridized carbons (Fsp3) is 0.348. The van der Waals surface area contributed by atoms with Gasteiger partial charge < -0.3 is 15.5 Å². The number of nitrogens with zero attached hydrogens (tertiary/aromatic N) is 1. The second-order valence-corrected chi connectivity index (χ2v) is 7.76. The maximum absolute atomic E-state index is 12.7. The van der Waals surface area contributed by atoms with Crippen LogP contribution in [0.1, 0.15) is 31.7 Å². The Morgan fingerprint density at radius 3 is 2.17 bits per heavy atom. The lowest BCUT2D eigenvalue weighted by molar-refractivity contribution is -0.122. The van der Waals surface area contributed by atoms with Gasteiger partial charge in [0.2, 0.25) is 17.7 Å². The minimum absolute atomic E-state index is 0.0310. The first-order valence-electron chi connectivity index (χ1n) is 10.1. The zero-order chi connectivity index (χ0) is 20.4. The fourth-order valence-corrected chi connectivity index (χ4v) is 3.55. The number of aryl methyl sites for hydroxylation is 1. The molecule has 1 heterocycles. The van der Waals surface area contributed by atoms with Crippen LogP contribution in [0.2, 0.25) is 0 Å². The van der Waals surface area contributed by atoms with Crippen LogP contribution < -0.4 is 15.5 Å². The molecule has 2 aromatic carbocycles. The van der Waals surface area contributed by atoms with Crippen molar-refractivity contribution in [2.75, 3.05) is 22.1 Å². The first-order valence-corrected chi connectivity index (χ1v) is 10.1. The smallest absolute Gasteiger partial charge is 0.229 e. The Morgan fingerprint density at radius 2 is 1.59 bits per heavy atom. The minimum Gasteiger partial charge on any atom is -0.326 e. The molecule has 6 heteroatoms. The van der Waals surface area contributed by atoms with E-state index < -0.39 is 0 Å². The topological polar surface area (TPSA) is 78.5 Å². The summed E-state index contributed by atoms with van der Waals surface area (Å²) in [7, 11) is 0. The number of nitrogens with one attached hydrogen (secondary N) is 2. The van der Waals surface area contributed by atoms with Crippen LogP contribution in [0.5, 0.6) is 0 Å². The van der Waals surface area contributed by atoms with Gasteiger partial charge in [-0.1, -0.05) is 19.1 Å². The molecule has 2 fully saturated rings. The van der Waals surface area contributed by atoms with Crippen molar-refractivity contribution in [2.45, 2.75) is 32.6 Å². The Bertz CT molecular complexity index is 935. The van der Waals surface area contributed by atoms with Crippen molar-refractivity contribution in [1.29, 1.82) is 0 Å². The number of amides is 3. The van der Waals surface area contributed by atoms with Crippen LogP contribution in [0, 0.1) is 11.8 Å². The van der Waals surface area contributed by atoms with Gasteiger partial charge in [-0.05, 0) is 61.2 Å². The summed E-state index contributed by atoms with van der Waals surface area (Å²) in [5.74, 6) is -0.380. The van der Waals surface area contributed by atoms with E-state index in [4.69, 9.17) is 0 Å². The van der Waals surface area contributed by atoms with E-state index >= 15 is 0 Å². The van der Waals surface area contributed by atoms with Gasteiger partial charge in [0.1, 0.15) is 0 Å². The molecule has 0 radical (unpaired) electrons. The molecular weight excluding hydrogens is 366 g/mol. The lowest BCUT2D eigenvalue weighted by Gasteiger charge is -2.17. The maximum Gasteiger partial charge on any atom is 0.229 e. The predicted molar refractivity (Wildman–Crippen MR) is 113 cm³/mol. The molecule has 1 saturated carbocycles. The van der Waals surface area contributed by atoms with Gasteiger partial charge >= 0.3 is 0 Å². The molecule has 1 aliphatic heterocycles. The van der Waals surface area contributed by atoms with Gasteiger partial charge in [0, 0.05) is 35.9 Å². The molecule has 1 aliphatic carbocycles. The van der Waals surface area contributed by atoms with E-state index in [0.29, 0.717) is 12.2 Å². The Kier molecular flexibility index (Phi) is 5.34. The van der Waals surface area contributed by atoms with Crippen molar-refractivity contribution in [2.24, 2.45) is 11.8 Å². The van der Waals surface area contributed by atoms with Crippen LogP contribution in [-0.2, 0) is 20.8 Å². The standard InChI is InChI=1S/C23H25N3O3/c1-2-15-4-3-5-20(12-15)26-14-17(13-21(26)27)23(29)25-19-10-8-18(9-11-19)24-22(28)16-6-7-16/h3-5,8-12,16-17H,2,6-7,13-14H2,1H3,(H,24,28)(H,25,29)/t17-/m0/s1. The Morgan fingerprint density at radius 1 is 0.966 bits per heavy atom. The van der Waals surface area contributed by atoms with E-state index in [2.05, 4.69) is 17.6 Å². The van der Waals surface area contributed by atoms with Crippen LogP contribution in [0.25, 0.3) is 0 Å². The van der Waals surface area contributed by atoms with Gasteiger partial charge in [0.25, 0.3) is 0 Å². The number of rotatable bonds is 6. The average molecular weight is 391 g/mol. The molecule has 6 nitrogen and oxygen atoms in total. The Hall–Kier alpha value is -3.15. The molecule has 4 rings (SSSR count). The summed E-state index contributed by atoms with van der Waals surface area (Å²) < 4.78 is 0. The first-order chi connectivity index (χ1) is 14.0. The number of hydrogen-bond donors (Lipinski definition) is 2. The lowest BCUT2D eigenvalue weighted by atomic mass is 10.1. The van der Waals surface area contributed by atoms with Crippen molar-refractivity contribution in [3.8, 4) is 0 Å². The van der Waals surface area contributed by atoms with Crippen molar-refractivity contribution in [1.82, 2.24) is 0 Å². The van der Waals surface area contributed by atoms with E-state index in [-0.39, 0.29) is 36.0 Å². The average Bonchev–Trinajstić information content (AvgIpc) is 3.51. The summed E-state index contributed by atoms with van der Waals surface area (Å²) in [5, 5.41) is 5.76. The summed E-state index contributed by atoms with van der Waals surface area (Å²) in [6, 6.07) is 15.0. The lowest BCUT2D eigenvalue weighted by Crippen LogP contribution is -2.28. The summed E-state index contributed by atoms with van der Waals surface area (Å²) in [5.41, 5.74) is 3.38. The molecule has 150 valence electrons. The van der Waals surface area contributed by atoms with E-state index in [0.717, 1.165) is 36.2 Å². The molecule has 0 unspecified atom stereocenters.